The largest absolute Gasteiger partial charge is 0.326 e. The van der Waals surface area contributed by atoms with Crippen LogP contribution < -0.4 is 10.5 Å². The molecule has 0 aliphatic carbocycles. The fourth-order valence-electron chi connectivity index (χ4n) is 1.82. The molecule has 0 atom stereocenters. The van der Waals surface area contributed by atoms with E-state index in [9.17, 15) is 8.42 Å². The van der Waals surface area contributed by atoms with Crippen LogP contribution in [0.4, 0.5) is 0 Å². The van der Waals surface area contributed by atoms with Crippen molar-refractivity contribution in [2.24, 2.45) is 5.73 Å². The van der Waals surface area contributed by atoms with Crippen molar-refractivity contribution in [3.63, 3.8) is 0 Å². The van der Waals surface area contributed by atoms with Gasteiger partial charge in [0.1, 0.15) is 0 Å². The highest BCUT2D eigenvalue weighted by Gasteiger charge is 2.17. The van der Waals surface area contributed by atoms with Gasteiger partial charge in [0.05, 0.1) is 4.90 Å². The van der Waals surface area contributed by atoms with Crippen LogP contribution in [0.5, 0.6) is 0 Å². The van der Waals surface area contributed by atoms with Gasteiger partial charge in [-0.1, -0.05) is 12.1 Å². The Bertz CT molecular complexity index is 705. The molecule has 7 heteroatoms. The minimum absolute atomic E-state index is 0.200. The van der Waals surface area contributed by atoms with E-state index in [-0.39, 0.29) is 4.90 Å². The molecule has 0 saturated heterocycles. The molecule has 1 aromatic carbocycles. The monoisotopic (exact) mass is 369 g/mol. The van der Waals surface area contributed by atoms with Crippen molar-refractivity contribution in [2.45, 2.75) is 17.9 Å². The molecule has 5 nitrogen and oxygen atoms in total. The molecule has 0 amide bonds. The topological polar surface area (TPSA) is 85.1 Å². The zero-order chi connectivity index (χ0) is 15.3. The van der Waals surface area contributed by atoms with Gasteiger partial charge in [0.25, 0.3) is 0 Å². The summed E-state index contributed by atoms with van der Waals surface area (Å²) in [7, 11) is -3.57. The summed E-state index contributed by atoms with van der Waals surface area (Å²) >= 11 is 3.26. The molecule has 2 rings (SSSR count). The summed E-state index contributed by atoms with van der Waals surface area (Å²) < 4.78 is 27.7. The van der Waals surface area contributed by atoms with Crippen molar-refractivity contribution in [3.8, 4) is 0 Å². The number of sulfonamides is 1. The van der Waals surface area contributed by atoms with Gasteiger partial charge in [0, 0.05) is 35.9 Å². The van der Waals surface area contributed by atoms with Gasteiger partial charge in [-0.25, -0.2) is 13.1 Å². The van der Waals surface area contributed by atoms with E-state index >= 15 is 0 Å². The minimum atomic E-state index is -3.57. The van der Waals surface area contributed by atoms with E-state index < -0.39 is 10.0 Å². The standard InChI is InChI=1S/C14H16BrN3O2S/c15-13-5-4-11(10-16)9-14(13)21(19,20)18-8-6-12-3-1-2-7-17-12/h1-5,7,9,18H,6,8,10,16H2. The first-order valence-electron chi connectivity index (χ1n) is 6.41. The van der Waals surface area contributed by atoms with Crippen molar-refractivity contribution in [1.29, 1.82) is 0 Å². The summed E-state index contributed by atoms with van der Waals surface area (Å²) in [6.45, 7) is 0.586. The molecule has 0 fully saturated rings. The van der Waals surface area contributed by atoms with Gasteiger partial charge in [-0.2, -0.15) is 0 Å². The minimum Gasteiger partial charge on any atom is -0.326 e. The molecule has 2 aromatic rings. The molecule has 0 aliphatic rings. The van der Waals surface area contributed by atoms with Crippen molar-refractivity contribution < 1.29 is 8.42 Å². The van der Waals surface area contributed by atoms with Crippen molar-refractivity contribution in [2.75, 3.05) is 6.54 Å². The Morgan fingerprint density at radius 2 is 2.05 bits per heavy atom. The van der Waals surface area contributed by atoms with E-state index in [2.05, 4.69) is 25.6 Å². The van der Waals surface area contributed by atoms with Crippen LogP contribution in [0, 0.1) is 0 Å². The summed E-state index contributed by atoms with van der Waals surface area (Å²) in [6.07, 6.45) is 2.22. The van der Waals surface area contributed by atoms with Crippen LogP contribution in [0.1, 0.15) is 11.3 Å². The zero-order valence-electron chi connectivity index (χ0n) is 11.3. The molecular weight excluding hydrogens is 354 g/mol. The Morgan fingerprint density at radius 1 is 1.24 bits per heavy atom. The predicted octanol–water partition coefficient (Wildman–Crippen LogP) is 1.82. The number of aromatic nitrogens is 1. The number of hydrogen-bond acceptors (Lipinski definition) is 4. The van der Waals surface area contributed by atoms with Gasteiger partial charge in [0.2, 0.25) is 10.0 Å². The van der Waals surface area contributed by atoms with Crippen molar-refractivity contribution in [1.82, 2.24) is 9.71 Å². The third-order valence-electron chi connectivity index (χ3n) is 2.92. The molecule has 0 saturated carbocycles. The second kappa shape index (κ2) is 7.13. The van der Waals surface area contributed by atoms with Crippen molar-refractivity contribution >= 4 is 26.0 Å². The average molecular weight is 370 g/mol. The number of nitrogens with zero attached hydrogens (tertiary/aromatic N) is 1. The van der Waals surface area contributed by atoms with Crippen LogP contribution in [-0.2, 0) is 23.0 Å². The van der Waals surface area contributed by atoms with E-state index in [4.69, 9.17) is 5.73 Å². The second-order valence-corrected chi connectivity index (χ2v) is 7.03. The van der Waals surface area contributed by atoms with Crippen LogP contribution >= 0.6 is 15.9 Å². The summed E-state index contributed by atoms with van der Waals surface area (Å²) in [5.74, 6) is 0. The fourth-order valence-corrected chi connectivity index (χ4v) is 3.86. The summed E-state index contributed by atoms with van der Waals surface area (Å²) in [5, 5.41) is 0. The molecule has 3 N–H and O–H groups in total. The van der Waals surface area contributed by atoms with Crippen LogP contribution in [0.2, 0.25) is 0 Å². The smallest absolute Gasteiger partial charge is 0.241 e. The summed E-state index contributed by atoms with van der Waals surface area (Å²) in [6, 6.07) is 10.6. The molecule has 112 valence electrons. The molecule has 0 bridgehead atoms. The number of halogens is 1. The van der Waals surface area contributed by atoms with Crippen molar-refractivity contribution in [3.05, 3.63) is 58.3 Å². The summed E-state index contributed by atoms with van der Waals surface area (Å²) in [4.78, 5) is 4.36. The van der Waals surface area contributed by atoms with E-state index in [0.717, 1.165) is 11.3 Å². The number of rotatable bonds is 6. The molecule has 0 aliphatic heterocycles. The quantitative estimate of drug-likeness (QED) is 0.813. The maximum absolute atomic E-state index is 12.3. The Morgan fingerprint density at radius 3 is 2.71 bits per heavy atom. The molecule has 21 heavy (non-hydrogen) atoms. The highest BCUT2D eigenvalue weighted by atomic mass is 79.9. The number of benzene rings is 1. The van der Waals surface area contributed by atoms with Gasteiger partial charge >= 0.3 is 0 Å². The van der Waals surface area contributed by atoms with Gasteiger partial charge in [-0.3, -0.25) is 4.98 Å². The van der Waals surface area contributed by atoms with Crippen LogP contribution in [0.25, 0.3) is 0 Å². The van der Waals surface area contributed by atoms with Gasteiger partial charge in [-0.05, 0) is 45.8 Å². The number of hydrogen-bond donors (Lipinski definition) is 2. The van der Waals surface area contributed by atoms with E-state index in [1.54, 1.807) is 24.4 Å². The van der Waals surface area contributed by atoms with Crippen LogP contribution in [0.3, 0.4) is 0 Å². The number of pyridine rings is 1. The first kappa shape index (κ1) is 16.1. The Balaban J connectivity index is 2.08. The maximum Gasteiger partial charge on any atom is 0.241 e. The Kier molecular flexibility index (Phi) is 5.46. The van der Waals surface area contributed by atoms with Crippen LogP contribution in [-0.4, -0.2) is 19.9 Å². The first-order valence-corrected chi connectivity index (χ1v) is 8.68. The molecule has 0 spiro atoms. The normalized spacial score (nSPS) is 11.5. The molecular formula is C14H16BrN3O2S. The lowest BCUT2D eigenvalue weighted by Crippen LogP contribution is -2.26. The van der Waals surface area contributed by atoms with E-state index in [1.807, 2.05) is 18.2 Å². The average Bonchev–Trinajstić information content (AvgIpc) is 2.48. The van der Waals surface area contributed by atoms with Gasteiger partial charge in [-0.15, -0.1) is 0 Å². The predicted molar refractivity (Wildman–Crippen MR) is 85.2 cm³/mol. The zero-order valence-corrected chi connectivity index (χ0v) is 13.7. The molecule has 0 unspecified atom stereocenters. The number of nitrogens with one attached hydrogen (secondary N) is 1. The first-order chi connectivity index (χ1) is 10.0. The van der Waals surface area contributed by atoms with Crippen LogP contribution in [0.15, 0.2) is 52.0 Å². The lowest BCUT2D eigenvalue weighted by atomic mass is 10.2. The van der Waals surface area contributed by atoms with E-state index in [1.165, 1.54) is 0 Å². The Hall–Kier alpha value is -1.28. The third-order valence-corrected chi connectivity index (χ3v) is 5.38. The lowest BCUT2D eigenvalue weighted by Gasteiger charge is -2.09. The molecule has 1 heterocycles. The fraction of sp³-hybridized carbons (Fsp3) is 0.214. The second-order valence-electron chi connectivity index (χ2n) is 4.44. The maximum atomic E-state index is 12.3. The number of nitrogens with two attached hydrogens (primary N) is 1. The lowest BCUT2D eigenvalue weighted by molar-refractivity contribution is 0.580. The van der Waals surface area contributed by atoms with E-state index in [0.29, 0.717) is 24.0 Å². The van der Waals surface area contributed by atoms with Gasteiger partial charge in [0.15, 0.2) is 0 Å². The molecule has 0 radical (unpaired) electrons. The summed E-state index contributed by atoms with van der Waals surface area (Å²) in [5.41, 5.74) is 7.16. The highest BCUT2D eigenvalue weighted by Crippen LogP contribution is 2.23. The molecule has 1 aromatic heterocycles. The highest BCUT2D eigenvalue weighted by molar-refractivity contribution is 9.10. The van der Waals surface area contributed by atoms with Gasteiger partial charge < -0.3 is 5.73 Å². The third kappa shape index (κ3) is 4.34. The SMILES string of the molecule is NCc1ccc(Br)c(S(=O)(=O)NCCc2ccccn2)c1. The Labute approximate surface area is 132 Å².